The molecule has 3 nitrogen and oxygen atoms in total. The van der Waals surface area contributed by atoms with Gasteiger partial charge in [0.1, 0.15) is 6.61 Å². The van der Waals surface area contributed by atoms with Crippen molar-refractivity contribution in [1.82, 2.24) is 0 Å². The lowest BCUT2D eigenvalue weighted by atomic mass is 10.00. The summed E-state index contributed by atoms with van der Waals surface area (Å²) in [6, 6.07) is 19.5. The normalized spacial score (nSPS) is 11.8. The molecular weight excluding hydrogens is 250 g/mol. The molecule has 0 spiro atoms. The van der Waals surface area contributed by atoms with Crippen molar-refractivity contribution in [2.45, 2.75) is 13.0 Å². The van der Waals surface area contributed by atoms with E-state index in [1.165, 1.54) is 0 Å². The molecule has 0 fully saturated rings. The quantitative estimate of drug-likeness (QED) is 0.820. The van der Waals surface area contributed by atoms with Crippen LogP contribution in [0.1, 0.15) is 11.1 Å². The van der Waals surface area contributed by atoms with Crippen LogP contribution in [0.4, 0.5) is 0 Å². The summed E-state index contributed by atoms with van der Waals surface area (Å²) < 4.78 is 5.33. The molecule has 2 aromatic rings. The fourth-order valence-electron chi connectivity index (χ4n) is 2.01. The maximum absolute atomic E-state index is 12.0. The molecule has 0 heterocycles. The minimum absolute atomic E-state index is 0.236. The van der Waals surface area contributed by atoms with Gasteiger partial charge in [-0.2, -0.15) is 0 Å². The van der Waals surface area contributed by atoms with E-state index in [0.29, 0.717) is 19.6 Å². The van der Waals surface area contributed by atoms with Crippen molar-refractivity contribution >= 4 is 5.97 Å². The third-order valence-electron chi connectivity index (χ3n) is 3.17. The number of esters is 1. The van der Waals surface area contributed by atoms with Gasteiger partial charge in [0.2, 0.25) is 0 Å². The van der Waals surface area contributed by atoms with Crippen LogP contribution in [-0.4, -0.2) is 12.5 Å². The van der Waals surface area contributed by atoms with E-state index in [1.54, 1.807) is 0 Å². The van der Waals surface area contributed by atoms with Gasteiger partial charge in [-0.25, -0.2) is 0 Å². The average Bonchev–Trinajstić information content (AvgIpc) is 2.52. The highest BCUT2D eigenvalue weighted by atomic mass is 16.5. The summed E-state index contributed by atoms with van der Waals surface area (Å²) in [5.74, 6) is -0.527. The highest BCUT2D eigenvalue weighted by Crippen LogP contribution is 2.11. The summed E-state index contributed by atoms with van der Waals surface area (Å²) >= 11 is 0. The largest absolute Gasteiger partial charge is 0.461 e. The summed E-state index contributed by atoms with van der Waals surface area (Å²) in [5, 5.41) is 0. The monoisotopic (exact) mass is 269 g/mol. The van der Waals surface area contributed by atoms with Crippen molar-refractivity contribution in [1.29, 1.82) is 0 Å². The third kappa shape index (κ3) is 4.21. The maximum Gasteiger partial charge on any atom is 0.310 e. The van der Waals surface area contributed by atoms with Gasteiger partial charge in [0.25, 0.3) is 0 Å². The summed E-state index contributed by atoms with van der Waals surface area (Å²) in [6.45, 7) is 0.591. The van der Waals surface area contributed by atoms with Gasteiger partial charge < -0.3 is 10.5 Å². The maximum atomic E-state index is 12.0. The zero-order chi connectivity index (χ0) is 14.2. The first-order valence-corrected chi connectivity index (χ1v) is 6.74. The summed E-state index contributed by atoms with van der Waals surface area (Å²) in [7, 11) is 0. The second kappa shape index (κ2) is 7.46. The molecule has 0 aliphatic rings. The van der Waals surface area contributed by atoms with Crippen molar-refractivity contribution < 1.29 is 9.53 Å². The van der Waals surface area contributed by atoms with Crippen LogP contribution in [0.25, 0.3) is 0 Å². The predicted octanol–water partition coefficient (Wildman–Crippen LogP) is 2.55. The lowest BCUT2D eigenvalue weighted by molar-refractivity contribution is -0.149. The fourth-order valence-corrected chi connectivity index (χ4v) is 2.01. The first-order chi connectivity index (χ1) is 9.79. The van der Waals surface area contributed by atoms with Gasteiger partial charge in [-0.3, -0.25) is 4.79 Å². The van der Waals surface area contributed by atoms with Crippen molar-refractivity contribution in [2.24, 2.45) is 11.7 Å². The zero-order valence-electron chi connectivity index (χ0n) is 11.4. The van der Waals surface area contributed by atoms with Gasteiger partial charge in [-0.15, -0.1) is 0 Å². The Morgan fingerprint density at radius 3 is 2.05 bits per heavy atom. The van der Waals surface area contributed by atoms with Crippen LogP contribution in [-0.2, 0) is 22.6 Å². The number of carbonyl (C=O) groups excluding carboxylic acids is 1. The van der Waals surface area contributed by atoms with Crippen molar-refractivity contribution in [2.75, 3.05) is 6.54 Å². The number of rotatable bonds is 6. The van der Waals surface area contributed by atoms with E-state index < -0.39 is 0 Å². The van der Waals surface area contributed by atoms with E-state index in [0.717, 1.165) is 11.1 Å². The summed E-state index contributed by atoms with van der Waals surface area (Å²) in [5.41, 5.74) is 7.77. The van der Waals surface area contributed by atoms with E-state index in [1.807, 2.05) is 60.7 Å². The van der Waals surface area contributed by atoms with Crippen LogP contribution in [0, 0.1) is 5.92 Å². The SMILES string of the molecule is NC[C@@H](Cc1ccccc1)C(=O)OCc1ccccc1. The Hall–Kier alpha value is -2.13. The van der Waals surface area contributed by atoms with Crippen LogP contribution in [0.2, 0.25) is 0 Å². The van der Waals surface area contributed by atoms with Gasteiger partial charge in [-0.05, 0) is 17.5 Å². The minimum atomic E-state index is -0.291. The molecule has 0 aliphatic heterocycles. The van der Waals surface area contributed by atoms with Gasteiger partial charge in [0.05, 0.1) is 5.92 Å². The molecule has 0 aromatic heterocycles. The number of benzene rings is 2. The van der Waals surface area contributed by atoms with E-state index >= 15 is 0 Å². The highest BCUT2D eigenvalue weighted by molar-refractivity contribution is 5.73. The molecule has 0 bridgehead atoms. The topological polar surface area (TPSA) is 52.3 Å². The molecule has 0 amide bonds. The molecule has 104 valence electrons. The molecule has 0 unspecified atom stereocenters. The second-order valence-corrected chi connectivity index (χ2v) is 4.72. The molecule has 0 saturated carbocycles. The van der Waals surface area contributed by atoms with E-state index in [4.69, 9.17) is 10.5 Å². The van der Waals surface area contributed by atoms with Crippen molar-refractivity contribution in [3.63, 3.8) is 0 Å². The lowest BCUT2D eigenvalue weighted by Crippen LogP contribution is -2.27. The van der Waals surface area contributed by atoms with Gasteiger partial charge in [0, 0.05) is 6.54 Å². The van der Waals surface area contributed by atoms with Crippen LogP contribution in [0.15, 0.2) is 60.7 Å². The van der Waals surface area contributed by atoms with E-state index in [-0.39, 0.29) is 11.9 Å². The van der Waals surface area contributed by atoms with Gasteiger partial charge in [-0.1, -0.05) is 60.7 Å². The number of carbonyl (C=O) groups is 1. The Morgan fingerprint density at radius 2 is 1.50 bits per heavy atom. The third-order valence-corrected chi connectivity index (χ3v) is 3.17. The van der Waals surface area contributed by atoms with E-state index in [2.05, 4.69) is 0 Å². The molecule has 20 heavy (non-hydrogen) atoms. The van der Waals surface area contributed by atoms with Gasteiger partial charge in [0.15, 0.2) is 0 Å². The Bertz CT molecular complexity index is 525. The van der Waals surface area contributed by atoms with Crippen LogP contribution in [0.3, 0.4) is 0 Å². The lowest BCUT2D eigenvalue weighted by Gasteiger charge is -2.14. The molecule has 2 aromatic carbocycles. The van der Waals surface area contributed by atoms with Crippen LogP contribution >= 0.6 is 0 Å². The average molecular weight is 269 g/mol. The van der Waals surface area contributed by atoms with Crippen molar-refractivity contribution in [3.05, 3.63) is 71.8 Å². The molecule has 2 rings (SSSR count). The zero-order valence-corrected chi connectivity index (χ0v) is 11.4. The Morgan fingerprint density at radius 1 is 0.950 bits per heavy atom. The molecule has 3 heteroatoms. The van der Waals surface area contributed by atoms with E-state index in [9.17, 15) is 4.79 Å². The Balaban J connectivity index is 1.89. The number of ether oxygens (including phenoxy) is 1. The van der Waals surface area contributed by atoms with Crippen LogP contribution < -0.4 is 5.73 Å². The molecule has 1 atom stereocenters. The smallest absolute Gasteiger partial charge is 0.310 e. The molecule has 0 aliphatic carbocycles. The predicted molar refractivity (Wildman–Crippen MR) is 78.9 cm³/mol. The first-order valence-electron chi connectivity index (χ1n) is 6.74. The summed E-state index contributed by atoms with van der Waals surface area (Å²) in [6.07, 6.45) is 0.616. The Kier molecular flexibility index (Phi) is 5.33. The Labute approximate surface area is 119 Å². The number of nitrogens with two attached hydrogens (primary N) is 1. The highest BCUT2D eigenvalue weighted by Gasteiger charge is 2.18. The minimum Gasteiger partial charge on any atom is -0.461 e. The molecule has 2 N–H and O–H groups in total. The fraction of sp³-hybridized carbons (Fsp3) is 0.235. The van der Waals surface area contributed by atoms with Crippen LogP contribution in [0.5, 0.6) is 0 Å². The summed E-state index contributed by atoms with van der Waals surface area (Å²) in [4.78, 5) is 12.0. The molecule has 0 saturated heterocycles. The van der Waals surface area contributed by atoms with Crippen molar-refractivity contribution in [3.8, 4) is 0 Å². The number of hydrogen-bond donors (Lipinski definition) is 1. The first kappa shape index (κ1) is 14.3. The molecule has 0 radical (unpaired) electrons. The number of hydrogen-bond acceptors (Lipinski definition) is 3. The standard InChI is InChI=1S/C17H19NO2/c18-12-16(11-14-7-3-1-4-8-14)17(19)20-13-15-9-5-2-6-10-15/h1-10,16H,11-13,18H2/t16-/m1/s1. The van der Waals surface area contributed by atoms with Gasteiger partial charge >= 0.3 is 5.97 Å². The second-order valence-electron chi connectivity index (χ2n) is 4.72. The molecular formula is C17H19NO2.